The van der Waals surface area contributed by atoms with E-state index in [4.69, 9.17) is 23.7 Å². The largest absolute Gasteiger partial charge is 0.463 e. The number of carbonyl (C=O) groups excluding carboxylic acids is 3. The molecule has 0 spiro atoms. The average Bonchev–Trinajstić information content (AvgIpc) is 2.39. The highest BCUT2D eigenvalue weighted by molar-refractivity contribution is 5.67. The van der Waals surface area contributed by atoms with Crippen molar-refractivity contribution in [2.45, 2.75) is 39.1 Å². The molecule has 0 aromatic heterocycles. The molecule has 0 bridgehead atoms. The van der Waals surface area contributed by atoms with E-state index in [1.807, 2.05) is 0 Å². The Kier molecular flexibility index (Phi) is 9.31. The molecule has 0 aliphatic rings. The fraction of sp³-hybridized carbons (Fsp3) is 0.769. The zero-order valence-corrected chi connectivity index (χ0v) is 12.9. The number of methoxy groups -OCH3 is 2. The second-order valence-electron chi connectivity index (χ2n) is 4.23. The Bertz CT molecular complexity index is 354. The van der Waals surface area contributed by atoms with Crippen LogP contribution in [-0.4, -0.2) is 63.7 Å². The SMILES string of the molecule is CO[C@H]([C@H](COC(C)=O)OC)[C@@H](COC(C)=O)OC(C)=O. The molecule has 0 N–H and O–H groups in total. The number of ether oxygens (including phenoxy) is 5. The van der Waals surface area contributed by atoms with E-state index in [9.17, 15) is 14.4 Å². The summed E-state index contributed by atoms with van der Waals surface area (Å²) in [6, 6.07) is 0. The number of rotatable bonds is 9. The van der Waals surface area contributed by atoms with Crippen LogP contribution in [-0.2, 0) is 38.1 Å². The van der Waals surface area contributed by atoms with Gasteiger partial charge in [0, 0.05) is 35.0 Å². The molecule has 8 nitrogen and oxygen atoms in total. The van der Waals surface area contributed by atoms with Crippen LogP contribution in [0.25, 0.3) is 0 Å². The summed E-state index contributed by atoms with van der Waals surface area (Å²) >= 11 is 0. The maximum atomic E-state index is 11.2. The number of hydrogen-bond acceptors (Lipinski definition) is 8. The Morgan fingerprint density at radius 2 is 1.24 bits per heavy atom. The fourth-order valence-electron chi connectivity index (χ4n) is 1.65. The van der Waals surface area contributed by atoms with Gasteiger partial charge in [0.1, 0.15) is 25.4 Å². The van der Waals surface area contributed by atoms with E-state index in [0.29, 0.717) is 0 Å². The molecule has 0 aliphatic heterocycles. The summed E-state index contributed by atoms with van der Waals surface area (Å²) in [6.07, 6.45) is -2.33. The molecule has 0 rings (SSSR count). The molecule has 122 valence electrons. The van der Waals surface area contributed by atoms with Gasteiger partial charge in [0.25, 0.3) is 0 Å². The third-order valence-corrected chi connectivity index (χ3v) is 2.53. The zero-order chi connectivity index (χ0) is 16.4. The molecular weight excluding hydrogens is 284 g/mol. The van der Waals surface area contributed by atoms with Crippen LogP contribution in [0.2, 0.25) is 0 Å². The predicted molar refractivity (Wildman–Crippen MR) is 70.4 cm³/mol. The van der Waals surface area contributed by atoms with Gasteiger partial charge in [-0.15, -0.1) is 0 Å². The van der Waals surface area contributed by atoms with Gasteiger partial charge in [0.2, 0.25) is 0 Å². The van der Waals surface area contributed by atoms with E-state index in [-0.39, 0.29) is 13.2 Å². The molecule has 0 aromatic carbocycles. The molecule has 21 heavy (non-hydrogen) atoms. The van der Waals surface area contributed by atoms with Gasteiger partial charge in [-0.25, -0.2) is 0 Å². The summed E-state index contributed by atoms with van der Waals surface area (Å²) in [6.45, 7) is 3.45. The fourth-order valence-corrected chi connectivity index (χ4v) is 1.65. The molecule has 0 aromatic rings. The highest BCUT2D eigenvalue weighted by atomic mass is 16.6. The molecule has 0 saturated carbocycles. The third kappa shape index (κ3) is 8.26. The minimum Gasteiger partial charge on any atom is -0.463 e. The molecule has 0 aliphatic carbocycles. The standard InChI is InChI=1S/C13H22O8/c1-8(14)19-6-11(17-4)13(18-5)12(21-10(3)16)7-20-9(2)15/h11-13H,6-7H2,1-5H3/t11-,12+,13+/m0/s1. The lowest BCUT2D eigenvalue weighted by Crippen LogP contribution is -2.47. The smallest absolute Gasteiger partial charge is 0.303 e. The van der Waals surface area contributed by atoms with Gasteiger partial charge in [-0.3, -0.25) is 14.4 Å². The van der Waals surface area contributed by atoms with E-state index in [1.54, 1.807) is 0 Å². The van der Waals surface area contributed by atoms with Crippen LogP contribution >= 0.6 is 0 Å². The second kappa shape index (κ2) is 10.1. The van der Waals surface area contributed by atoms with Crippen LogP contribution in [0.5, 0.6) is 0 Å². The van der Waals surface area contributed by atoms with Gasteiger partial charge in [-0.2, -0.15) is 0 Å². The minimum absolute atomic E-state index is 0.0812. The van der Waals surface area contributed by atoms with Crippen molar-refractivity contribution in [1.29, 1.82) is 0 Å². The summed E-state index contributed by atoms with van der Waals surface area (Å²) in [5, 5.41) is 0. The third-order valence-electron chi connectivity index (χ3n) is 2.53. The van der Waals surface area contributed by atoms with Crippen LogP contribution in [0.3, 0.4) is 0 Å². The van der Waals surface area contributed by atoms with Crippen molar-refractivity contribution in [2.24, 2.45) is 0 Å². The molecule has 8 heteroatoms. The zero-order valence-electron chi connectivity index (χ0n) is 12.9. The van der Waals surface area contributed by atoms with Gasteiger partial charge in [-0.05, 0) is 0 Å². The predicted octanol–water partition coefficient (Wildman–Crippen LogP) is 0.0743. The summed E-state index contributed by atoms with van der Waals surface area (Å²) < 4.78 is 25.2. The second-order valence-corrected chi connectivity index (χ2v) is 4.23. The molecule has 0 fully saturated rings. The van der Waals surface area contributed by atoms with Crippen LogP contribution in [0.4, 0.5) is 0 Å². The van der Waals surface area contributed by atoms with Gasteiger partial charge < -0.3 is 23.7 Å². The quantitative estimate of drug-likeness (QED) is 0.436. The van der Waals surface area contributed by atoms with Crippen LogP contribution in [0.15, 0.2) is 0 Å². The number of carbonyl (C=O) groups is 3. The van der Waals surface area contributed by atoms with E-state index in [0.717, 1.165) is 0 Å². The summed E-state index contributed by atoms with van der Waals surface area (Å²) in [5.74, 6) is -1.55. The Morgan fingerprint density at radius 1 is 0.762 bits per heavy atom. The molecule has 0 saturated heterocycles. The Balaban J connectivity index is 4.91. The topological polar surface area (TPSA) is 97.4 Å². The van der Waals surface area contributed by atoms with Crippen molar-refractivity contribution in [3.8, 4) is 0 Å². The average molecular weight is 306 g/mol. The molecule has 0 heterocycles. The van der Waals surface area contributed by atoms with Crippen molar-refractivity contribution in [2.75, 3.05) is 27.4 Å². The first-order chi connectivity index (χ1) is 9.81. The number of hydrogen-bond donors (Lipinski definition) is 0. The lowest BCUT2D eigenvalue weighted by Gasteiger charge is -2.30. The molecule has 0 radical (unpaired) electrons. The molecule has 0 amide bonds. The van der Waals surface area contributed by atoms with Crippen molar-refractivity contribution in [1.82, 2.24) is 0 Å². The van der Waals surface area contributed by atoms with Gasteiger partial charge in [0.15, 0.2) is 6.10 Å². The van der Waals surface area contributed by atoms with Crippen LogP contribution in [0.1, 0.15) is 20.8 Å². The minimum atomic E-state index is -0.878. The normalized spacial score (nSPS) is 14.7. The monoisotopic (exact) mass is 306 g/mol. The van der Waals surface area contributed by atoms with Crippen LogP contribution in [0, 0.1) is 0 Å². The summed E-state index contributed by atoms with van der Waals surface area (Å²) in [5.41, 5.74) is 0. The molecule has 3 atom stereocenters. The van der Waals surface area contributed by atoms with Gasteiger partial charge >= 0.3 is 17.9 Å². The van der Waals surface area contributed by atoms with Crippen molar-refractivity contribution >= 4 is 17.9 Å². The highest BCUT2D eigenvalue weighted by Crippen LogP contribution is 2.13. The van der Waals surface area contributed by atoms with E-state index >= 15 is 0 Å². The molecule has 0 unspecified atom stereocenters. The lowest BCUT2D eigenvalue weighted by molar-refractivity contribution is -0.179. The first-order valence-corrected chi connectivity index (χ1v) is 6.31. The van der Waals surface area contributed by atoms with Crippen molar-refractivity contribution in [3.63, 3.8) is 0 Å². The molecular formula is C13H22O8. The van der Waals surface area contributed by atoms with E-state index in [2.05, 4.69) is 0 Å². The van der Waals surface area contributed by atoms with Gasteiger partial charge in [-0.1, -0.05) is 0 Å². The Labute approximate surface area is 123 Å². The summed E-state index contributed by atoms with van der Waals surface area (Å²) in [7, 11) is 2.78. The van der Waals surface area contributed by atoms with E-state index < -0.39 is 36.2 Å². The number of esters is 3. The van der Waals surface area contributed by atoms with Crippen molar-refractivity contribution in [3.05, 3.63) is 0 Å². The Morgan fingerprint density at radius 3 is 1.57 bits per heavy atom. The van der Waals surface area contributed by atoms with Gasteiger partial charge in [0.05, 0.1) is 0 Å². The maximum Gasteiger partial charge on any atom is 0.303 e. The highest BCUT2D eigenvalue weighted by Gasteiger charge is 2.34. The van der Waals surface area contributed by atoms with Crippen molar-refractivity contribution < 1.29 is 38.1 Å². The maximum absolute atomic E-state index is 11.2. The lowest BCUT2D eigenvalue weighted by atomic mass is 10.1. The summed E-state index contributed by atoms with van der Waals surface area (Å²) in [4.78, 5) is 32.9. The first-order valence-electron chi connectivity index (χ1n) is 6.31. The van der Waals surface area contributed by atoms with Crippen LogP contribution < -0.4 is 0 Å². The first kappa shape index (κ1) is 19.3. The Hall–Kier alpha value is -1.67. The van der Waals surface area contributed by atoms with E-state index in [1.165, 1.54) is 35.0 Å².